The molecule has 0 spiro atoms. The fourth-order valence-electron chi connectivity index (χ4n) is 1.49. The van der Waals surface area contributed by atoms with Gasteiger partial charge in [0.1, 0.15) is 0 Å². The van der Waals surface area contributed by atoms with E-state index in [-0.39, 0.29) is 18.4 Å². The number of halogens is 2. The standard InChI is InChI=1S/C12H14F2N6/c1-20(2)12-18-10(15)17-11(19-12)16-6-7-3-4-8(13)9(14)5-7/h3-5H,6H2,1-2H3,(H3,15,16,17,18,19). The highest BCUT2D eigenvalue weighted by Gasteiger charge is 2.07. The number of nitrogens with one attached hydrogen (secondary N) is 1. The summed E-state index contributed by atoms with van der Waals surface area (Å²) >= 11 is 0. The van der Waals surface area contributed by atoms with Crippen LogP contribution in [-0.4, -0.2) is 29.0 Å². The third-order valence-electron chi connectivity index (χ3n) is 2.48. The molecule has 0 aliphatic carbocycles. The van der Waals surface area contributed by atoms with Gasteiger partial charge in [-0.15, -0.1) is 0 Å². The maximum atomic E-state index is 13.1. The number of benzene rings is 1. The molecule has 1 aromatic carbocycles. The van der Waals surface area contributed by atoms with Crippen LogP contribution >= 0.6 is 0 Å². The Kier molecular flexibility index (Phi) is 3.92. The number of hydrogen-bond acceptors (Lipinski definition) is 6. The van der Waals surface area contributed by atoms with Gasteiger partial charge in [0.25, 0.3) is 0 Å². The van der Waals surface area contributed by atoms with Crippen LogP contribution in [0.15, 0.2) is 18.2 Å². The first-order valence-electron chi connectivity index (χ1n) is 5.82. The van der Waals surface area contributed by atoms with Crippen molar-refractivity contribution in [1.29, 1.82) is 0 Å². The summed E-state index contributed by atoms with van der Waals surface area (Å²) in [6.45, 7) is 0.244. The Hall–Kier alpha value is -2.51. The van der Waals surface area contributed by atoms with E-state index < -0.39 is 11.6 Å². The minimum atomic E-state index is -0.895. The van der Waals surface area contributed by atoms with Crippen molar-refractivity contribution in [1.82, 2.24) is 15.0 Å². The first-order chi connectivity index (χ1) is 9.45. The van der Waals surface area contributed by atoms with Gasteiger partial charge in [0, 0.05) is 20.6 Å². The van der Waals surface area contributed by atoms with Crippen LogP contribution in [0.3, 0.4) is 0 Å². The van der Waals surface area contributed by atoms with Crippen LogP contribution in [-0.2, 0) is 6.54 Å². The third kappa shape index (κ3) is 3.28. The second-order valence-electron chi connectivity index (χ2n) is 4.31. The van der Waals surface area contributed by atoms with Crippen molar-refractivity contribution in [3.8, 4) is 0 Å². The summed E-state index contributed by atoms with van der Waals surface area (Å²) in [5.74, 6) is -1.02. The Morgan fingerprint density at radius 1 is 1.15 bits per heavy atom. The molecule has 6 nitrogen and oxygen atoms in total. The minimum absolute atomic E-state index is 0.0801. The van der Waals surface area contributed by atoms with E-state index in [1.807, 2.05) is 0 Å². The molecule has 0 atom stereocenters. The number of hydrogen-bond donors (Lipinski definition) is 2. The topological polar surface area (TPSA) is 80.0 Å². The molecular weight excluding hydrogens is 266 g/mol. The molecule has 1 heterocycles. The van der Waals surface area contributed by atoms with Gasteiger partial charge < -0.3 is 16.0 Å². The lowest BCUT2D eigenvalue weighted by Crippen LogP contribution is -2.16. The van der Waals surface area contributed by atoms with Crippen molar-refractivity contribution in [3.63, 3.8) is 0 Å². The second-order valence-corrected chi connectivity index (χ2v) is 4.31. The Balaban J connectivity index is 2.12. The molecule has 2 rings (SSSR count). The van der Waals surface area contributed by atoms with E-state index in [4.69, 9.17) is 5.73 Å². The Bertz CT molecular complexity index is 617. The molecule has 0 radical (unpaired) electrons. The van der Waals surface area contributed by atoms with Gasteiger partial charge in [-0.1, -0.05) is 6.07 Å². The van der Waals surface area contributed by atoms with Gasteiger partial charge in [0.15, 0.2) is 11.6 Å². The highest BCUT2D eigenvalue weighted by Crippen LogP contribution is 2.12. The highest BCUT2D eigenvalue weighted by atomic mass is 19.2. The Morgan fingerprint density at radius 2 is 1.90 bits per heavy atom. The van der Waals surface area contributed by atoms with E-state index in [0.29, 0.717) is 11.5 Å². The van der Waals surface area contributed by atoms with Gasteiger partial charge in [-0.3, -0.25) is 0 Å². The van der Waals surface area contributed by atoms with Crippen LogP contribution in [0.2, 0.25) is 0 Å². The summed E-state index contributed by atoms with van der Waals surface area (Å²) in [6.07, 6.45) is 0. The van der Waals surface area contributed by atoms with Crippen molar-refractivity contribution >= 4 is 17.8 Å². The number of nitrogens with zero attached hydrogens (tertiary/aromatic N) is 4. The number of nitrogens with two attached hydrogens (primary N) is 1. The Labute approximate surface area is 114 Å². The van der Waals surface area contributed by atoms with E-state index in [9.17, 15) is 8.78 Å². The van der Waals surface area contributed by atoms with Crippen LogP contribution in [0.4, 0.5) is 26.6 Å². The van der Waals surface area contributed by atoms with E-state index in [1.165, 1.54) is 6.07 Å². The number of rotatable bonds is 4. The molecule has 0 amide bonds. The highest BCUT2D eigenvalue weighted by molar-refractivity contribution is 5.41. The monoisotopic (exact) mass is 280 g/mol. The molecule has 106 valence electrons. The second kappa shape index (κ2) is 5.64. The van der Waals surface area contributed by atoms with Gasteiger partial charge in [0.05, 0.1) is 0 Å². The van der Waals surface area contributed by atoms with Gasteiger partial charge in [-0.25, -0.2) is 8.78 Å². The van der Waals surface area contributed by atoms with E-state index >= 15 is 0 Å². The van der Waals surface area contributed by atoms with Crippen molar-refractivity contribution in [2.24, 2.45) is 0 Å². The zero-order valence-corrected chi connectivity index (χ0v) is 11.1. The maximum Gasteiger partial charge on any atom is 0.231 e. The molecule has 1 aromatic heterocycles. The number of aromatic nitrogens is 3. The van der Waals surface area contributed by atoms with Crippen LogP contribution in [0.5, 0.6) is 0 Å². The molecular formula is C12H14F2N6. The summed E-state index contributed by atoms with van der Waals surface area (Å²) in [4.78, 5) is 13.7. The molecule has 3 N–H and O–H groups in total. The van der Waals surface area contributed by atoms with Crippen LogP contribution in [0.1, 0.15) is 5.56 Å². The van der Waals surface area contributed by atoms with E-state index in [2.05, 4.69) is 20.3 Å². The van der Waals surface area contributed by atoms with Crippen molar-refractivity contribution in [3.05, 3.63) is 35.4 Å². The molecule has 0 saturated carbocycles. The molecule has 2 aromatic rings. The Morgan fingerprint density at radius 3 is 2.55 bits per heavy atom. The van der Waals surface area contributed by atoms with Crippen LogP contribution in [0.25, 0.3) is 0 Å². The summed E-state index contributed by atoms with van der Waals surface area (Å²) in [5.41, 5.74) is 6.14. The summed E-state index contributed by atoms with van der Waals surface area (Å²) in [6, 6.07) is 3.65. The molecule has 0 unspecified atom stereocenters. The molecule has 0 bridgehead atoms. The number of nitrogen functional groups attached to an aromatic ring is 1. The zero-order valence-electron chi connectivity index (χ0n) is 11.1. The average Bonchev–Trinajstić information content (AvgIpc) is 2.39. The SMILES string of the molecule is CN(C)c1nc(N)nc(NCc2ccc(F)c(F)c2)n1. The molecule has 8 heteroatoms. The normalized spacial score (nSPS) is 10.4. The molecule has 0 saturated heterocycles. The fourth-order valence-corrected chi connectivity index (χ4v) is 1.49. The number of anilines is 3. The van der Waals surface area contributed by atoms with Crippen LogP contribution < -0.4 is 16.0 Å². The van der Waals surface area contributed by atoms with Gasteiger partial charge in [-0.2, -0.15) is 15.0 Å². The summed E-state index contributed by atoms with van der Waals surface area (Å²) < 4.78 is 25.9. The predicted molar refractivity (Wildman–Crippen MR) is 72.3 cm³/mol. The minimum Gasteiger partial charge on any atom is -0.368 e. The molecule has 0 fully saturated rings. The first-order valence-corrected chi connectivity index (χ1v) is 5.82. The van der Waals surface area contributed by atoms with Crippen LogP contribution in [0, 0.1) is 11.6 Å². The lowest BCUT2D eigenvalue weighted by molar-refractivity contribution is 0.507. The first kappa shape index (κ1) is 13.9. The largest absolute Gasteiger partial charge is 0.368 e. The maximum absolute atomic E-state index is 13.1. The smallest absolute Gasteiger partial charge is 0.231 e. The summed E-state index contributed by atoms with van der Waals surface area (Å²) in [5, 5.41) is 2.89. The fraction of sp³-hybridized carbons (Fsp3) is 0.250. The van der Waals surface area contributed by atoms with Gasteiger partial charge >= 0.3 is 0 Å². The van der Waals surface area contributed by atoms with Gasteiger partial charge in [-0.05, 0) is 17.7 Å². The predicted octanol–water partition coefficient (Wildman–Crippen LogP) is 1.41. The molecule has 0 aliphatic rings. The van der Waals surface area contributed by atoms with E-state index in [1.54, 1.807) is 19.0 Å². The van der Waals surface area contributed by atoms with Crippen molar-refractivity contribution in [2.45, 2.75) is 6.54 Å². The van der Waals surface area contributed by atoms with Crippen molar-refractivity contribution < 1.29 is 8.78 Å². The molecule has 20 heavy (non-hydrogen) atoms. The lowest BCUT2D eigenvalue weighted by atomic mass is 10.2. The van der Waals surface area contributed by atoms with E-state index in [0.717, 1.165) is 12.1 Å². The third-order valence-corrected chi connectivity index (χ3v) is 2.48. The molecule has 0 aliphatic heterocycles. The quantitative estimate of drug-likeness (QED) is 0.881. The summed E-state index contributed by atoms with van der Waals surface area (Å²) in [7, 11) is 3.54. The lowest BCUT2D eigenvalue weighted by Gasteiger charge is -2.12. The average molecular weight is 280 g/mol. The zero-order chi connectivity index (χ0) is 14.7. The van der Waals surface area contributed by atoms with Gasteiger partial charge in [0.2, 0.25) is 17.8 Å². The van der Waals surface area contributed by atoms with Crippen molar-refractivity contribution in [2.75, 3.05) is 30.0 Å².